The van der Waals surface area contributed by atoms with Gasteiger partial charge >= 0.3 is 0 Å². The average molecular weight is 237 g/mol. The molecular formula is C12H25ClO2. The zero-order valence-corrected chi connectivity index (χ0v) is 10.9. The first-order valence-electron chi connectivity index (χ1n) is 6.15. The first-order chi connectivity index (χ1) is 7.31. The fraction of sp³-hybridized carbons (Fsp3) is 1.00. The largest absolute Gasteiger partial charge is 0.237 e. The van der Waals surface area contributed by atoms with Crippen LogP contribution in [0, 0.1) is 0 Å². The van der Waals surface area contributed by atoms with Crippen LogP contribution in [0.2, 0.25) is 0 Å². The van der Waals surface area contributed by atoms with Crippen LogP contribution in [0.4, 0.5) is 0 Å². The van der Waals surface area contributed by atoms with Crippen LogP contribution < -0.4 is 0 Å². The van der Waals surface area contributed by atoms with E-state index in [4.69, 9.17) is 21.4 Å². The third kappa shape index (κ3) is 12.1. The SMILES string of the molecule is CCOOC(C)CCCCCCCCCl. The predicted molar refractivity (Wildman–Crippen MR) is 65.2 cm³/mol. The average Bonchev–Trinajstić information content (AvgIpc) is 2.25. The van der Waals surface area contributed by atoms with Crippen LogP contribution in [0.5, 0.6) is 0 Å². The highest BCUT2D eigenvalue weighted by molar-refractivity contribution is 6.17. The van der Waals surface area contributed by atoms with Gasteiger partial charge in [-0.2, -0.15) is 0 Å². The molecule has 1 atom stereocenters. The van der Waals surface area contributed by atoms with Crippen molar-refractivity contribution in [3.63, 3.8) is 0 Å². The molecule has 0 bridgehead atoms. The van der Waals surface area contributed by atoms with Gasteiger partial charge in [0, 0.05) is 5.88 Å². The highest BCUT2D eigenvalue weighted by Crippen LogP contribution is 2.10. The van der Waals surface area contributed by atoms with Crippen LogP contribution in [-0.4, -0.2) is 18.6 Å². The lowest BCUT2D eigenvalue weighted by atomic mass is 10.1. The second-order valence-corrected chi connectivity index (χ2v) is 4.29. The molecular weight excluding hydrogens is 212 g/mol. The van der Waals surface area contributed by atoms with Crippen LogP contribution in [0.3, 0.4) is 0 Å². The van der Waals surface area contributed by atoms with Crippen LogP contribution in [0.15, 0.2) is 0 Å². The number of hydrogen-bond acceptors (Lipinski definition) is 2. The molecule has 0 saturated carbocycles. The molecule has 0 aromatic carbocycles. The molecule has 0 heterocycles. The summed E-state index contributed by atoms with van der Waals surface area (Å²) in [6.45, 7) is 4.62. The van der Waals surface area contributed by atoms with E-state index in [0.29, 0.717) is 6.61 Å². The van der Waals surface area contributed by atoms with Crippen molar-refractivity contribution in [3.8, 4) is 0 Å². The van der Waals surface area contributed by atoms with E-state index >= 15 is 0 Å². The highest BCUT2D eigenvalue weighted by atomic mass is 35.5. The third-order valence-electron chi connectivity index (χ3n) is 2.34. The number of unbranched alkanes of at least 4 members (excludes halogenated alkanes) is 5. The molecule has 0 rings (SSSR count). The second-order valence-electron chi connectivity index (χ2n) is 3.91. The molecule has 0 spiro atoms. The Hall–Kier alpha value is 0.210. The monoisotopic (exact) mass is 236 g/mol. The quantitative estimate of drug-likeness (QED) is 0.230. The molecule has 0 aliphatic heterocycles. The second kappa shape index (κ2) is 12.3. The maximum absolute atomic E-state index is 5.60. The van der Waals surface area contributed by atoms with Crippen LogP contribution >= 0.6 is 11.6 Å². The smallest absolute Gasteiger partial charge is 0.0901 e. The number of hydrogen-bond donors (Lipinski definition) is 0. The van der Waals surface area contributed by atoms with Crippen molar-refractivity contribution in [2.24, 2.45) is 0 Å². The van der Waals surface area contributed by atoms with Crippen molar-refractivity contribution in [3.05, 3.63) is 0 Å². The third-order valence-corrected chi connectivity index (χ3v) is 2.61. The van der Waals surface area contributed by atoms with Gasteiger partial charge in [-0.25, -0.2) is 9.78 Å². The van der Waals surface area contributed by atoms with Gasteiger partial charge in [-0.1, -0.05) is 32.1 Å². The molecule has 0 aromatic heterocycles. The van der Waals surface area contributed by atoms with Crippen molar-refractivity contribution in [1.82, 2.24) is 0 Å². The maximum atomic E-state index is 5.60. The molecule has 2 nitrogen and oxygen atoms in total. The van der Waals surface area contributed by atoms with Gasteiger partial charge in [0.1, 0.15) is 0 Å². The maximum Gasteiger partial charge on any atom is 0.0901 e. The van der Waals surface area contributed by atoms with Crippen LogP contribution in [-0.2, 0) is 9.78 Å². The summed E-state index contributed by atoms with van der Waals surface area (Å²) in [7, 11) is 0. The van der Waals surface area contributed by atoms with E-state index in [-0.39, 0.29) is 6.10 Å². The number of halogens is 1. The minimum absolute atomic E-state index is 0.229. The first kappa shape index (κ1) is 15.2. The predicted octanol–water partition coefficient (Wildman–Crippen LogP) is 4.31. The van der Waals surface area contributed by atoms with Gasteiger partial charge in [0.25, 0.3) is 0 Å². The van der Waals surface area contributed by atoms with Gasteiger partial charge < -0.3 is 0 Å². The van der Waals surface area contributed by atoms with Crippen LogP contribution in [0.1, 0.15) is 58.8 Å². The Balaban J connectivity index is 3.02. The summed E-state index contributed by atoms with van der Waals surface area (Å²) in [5, 5.41) is 0. The van der Waals surface area contributed by atoms with Gasteiger partial charge in [0.15, 0.2) is 0 Å². The van der Waals surface area contributed by atoms with Crippen molar-refractivity contribution in [1.29, 1.82) is 0 Å². The molecule has 0 N–H and O–H groups in total. The molecule has 0 radical (unpaired) electrons. The van der Waals surface area contributed by atoms with Crippen molar-refractivity contribution in [2.75, 3.05) is 12.5 Å². The lowest BCUT2D eigenvalue weighted by Crippen LogP contribution is -2.08. The summed E-state index contributed by atoms with van der Waals surface area (Å²) in [4.78, 5) is 10.0. The molecule has 0 saturated heterocycles. The number of rotatable bonds is 11. The van der Waals surface area contributed by atoms with Gasteiger partial charge in [-0.05, 0) is 26.7 Å². The molecule has 0 aromatic rings. The Bertz CT molecular complexity index is 120. The lowest BCUT2D eigenvalue weighted by molar-refractivity contribution is -0.318. The molecule has 0 aliphatic rings. The molecule has 0 amide bonds. The zero-order chi connectivity index (χ0) is 11.4. The van der Waals surface area contributed by atoms with Gasteiger partial charge in [0.2, 0.25) is 0 Å². The van der Waals surface area contributed by atoms with Gasteiger partial charge in [-0.3, -0.25) is 0 Å². The van der Waals surface area contributed by atoms with Gasteiger partial charge in [-0.15, -0.1) is 11.6 Å². The Morgan fingerprint density at radius 2 is 1.60 bits per heavy atom. The standard InChI is InChI=1S/C12H25ClO2/c1-3-14-15-12(2)10-8-6-4-5-7-9-11-13/h12H,3-11H2,1-2H3. The summed E-state index contributed by atoms with van der Waals surface area (Å²) in [5.41, 5.74) is 0. The Labute approximate surface area is 99.2 Å². The van der Waals surface area contributed by atoms with Gasteiger partial charge in [0.05, 0.1) is 12.7 Å². The lowest BCUT2D eigenvalue weighted by Gasteiger charge is -2.10. The minimum atomic E-state index is 0.229. The fourth-order valence-electron chi connectivity index (χ4n) is 1.47. The van der Waals surface area contributed by atoms with E-state index in [9.17, 15) is 0 Å². The first-order valence-corrected chi connectivity index (χ1v) is 6.69. The zero-order valence-electron chi connectivity index (χ0n) is 10.1. The highest BCUT2D eigenvalue weighted by Gasteiger charge is 2.01. The van der Waals surface area contributed by atoms with Crippen molar-refractivity contribution < 1.29 is 9.78 Å². The minimum Gasteiger partial charge on any atom is -0.237 e. The molecule has 1 unspecified atom stereocenters. The Morgan fingerprint density at radius 3 is 2.20 bits per heavy atom. The van der Waals surface area contributed by atoms with Crippen LogP contribution in [0.25, 0.3) is 0 Å². The van der Waals surface area contributed by atoms with E-state index < -0.39 is 0 Å². The summed E-state index contributed by atoms with van der Waals surface area (Å²) >= 11 is 5.60. The van der Waals surface area contributed by atoms with Crippen molar-refractivity contribution in [2.45, 2.75) is 64.9 Å². The summed E-state index contributed by atoms with van der Waals surface area (Å²) in [6, 6.07) is 0. The summed E-state index contributed by atoms with van der Waals surface area (Å²) in [6.07, 6.45) is 8.91. The molecule has 0 aliphatic carbocycles. The van der Waals surface area contributed by atoms with E-state index in [2.05, 4.69) is 6.92 Å². The summed E-state index contributed by atoms with van der Waals surface area (Å²) < 4.78 is 0. The Kier molecular flexibility index (Phi) is 12.5. The van der Waals surface area contributed by atoms with E-state index in [1.807, 2.05) is 6.92 Å². The molecule has 92 valence electrons. The molecule has 0 fully saturated rings. The number of alkyl halides is 1. The van der Waals surface area contributed by atoms with Crippen molar-refractivity contribution >= 4 is 11.6 Å². The van der Waals surface area contributed by atoms with E-state index in [0.717, 1.165) is 18.7 Å². The Morgan fingerprint density at radius 1 is 1.00 bits per heavy atom. The van der Waals surface area contributed by atoms with E-state index in [1.54, 1.807) is 0 Å². The normalized spacial score (nSPS) is 13.0. The molecule has 3 heteroatoms. The molecule has 15 heavy (non-hydrogen) atoms. The fourth-order valence-corrected chi connectivity index (χ4v) is 1.65. The topological polar surface area (TPSA) is 18.5 Å². The van der Waals surface area contributed by atoms with E-state index in [1.165, 1.54) is 32.1 Å². The summed E-state index contributed by atoms with van der Waals surface area (Å²) in [5.74, 6) is 0.805.